The van der Waals surface area contributed by atoms with Gasteiger partial charge in [-0.05, 0) is 48.7 Å². The average molecular weight is 236 g/mol. The van der Waals surface area contributed by atoms with Gasteiger partial charge in [-0.3, -0.25) is 0 Å². The van der Waals surface area contributed by atoms with Crippen molar-refractivity contribution >= 4 is 0 Å². The van der Waals surface area contributed by atoms with Gasteiger partial charge in [0.2, 0.25) is 0 Å². The third kappa shape index (κ3) is 2.99. The number of likely N-dealkylation sites (N-methyl/N-ethyl adjacent to an activating group) is 1. The molecule has 3 heteroatoms. The zero-order valence-corrected chi connectivity index (χ0v) is 11.5. The van der Waals surface area contributed by atoms with E-state index in [9.17, 15) is 0 Å². The van der Waals surface area contributed by atoms with E-state index in [4.69, 9.17) is 10.5 Å². The predicted molar refractivity (Wildman–Crippen MR) is 72.7 cm³/mol. The van der Waals surface area contributed by atoms with Gasteiger partial charge in [-0.1, -0.05) is 13.8 Å². The molecule has 1 unspecified atom stereocenters. The molecule has 1 aromatic carbocycles. The number of hydrogen-bond acceptors (Lipinski definition) is 3. The lowest BCUT2D eigenvalue weighted by Gasteiger charge is -2.21. The Morgan fingerprint density at radius 2 is 1.94 bits per heavy atom. The van der Waals surface area contributed by atoms with Gasteiger partial charge in [-0.25, -0.2) is 0 Å². The summed E-state index contributed by atoms with van der Waals surface area (Å²) in [5.74, 6) is 1.41. The average Bonchev–Trinajstić information content (AvgIpc) is 2.31. The lowest BCUT2D eigenvalue weighted by molar-refractivity contribution is 0.406. The first-order chi connectivity index (χ1) is 8.04. The van der Waals surface area contributed by atoms with Gasteiger partial charge in [0.25, 0.3) is 0 Å². The van der Waals surface area contributed by atoms with Crippen LogP contribution in [0.15, 0.2) is 12.1 Å². The van der Waals surface area contributed by atoms with Crippen molar-refractivity contribution in [2.24, 2.45) is 5.73 Å². The molecule has 0 saturated heterocycles. The van der Waals surface area contributed by atoms with Gasteiger partial charge >= 0.3 is 0 Å². The maximum absolute atomic E-state index is 5.79. The summed E-state index contributed by atoms with van der Waals surface area (Å²) in [6, 6.07) is 4.52. The molecule has 0 aliphatic carbocycles. The molecule has 1 atom stereocenters. The Morgan fingerprint density at radius 1 is 1.29 bits per heavy atom. The number of methoxy groups -OCH3 is 1. The molecule has 0 amide bonds. The minimum atomic E-state index is 0.207. The number of nitrogens with one attached hydrogen (secondary N) is 1. The minimum absolute atomic E-state index is 0.207. The summed E-state index contributed by atoms with van der Waals surface area (Å²) in [6.45, 7) is 7.05. The van der Waals surface area contributed by atoms with Crippen molar-refractivity contribution in [3.8, 4) is 5.75 Å². The zero-order chi connectivity index (χ0) is 13.0. The second-order valence-electron chi connectivity index (χ2n) is 4.68. The molecule has 3 N–H and O–H groups in total. The number of nitrogens with two attached hydrogens (primary N) is 1. The second-order valence-corrected chi connectivity index (χ2v) is 4.68. The van der Waals surface area contributed by atoms with E-state index in [0.717, 1.165) is 5.75 Å². The largest absolute Gasteiger partial charge is 0.496 e. The van der Waals surface area contributed by atoms with Gasteiger partial charge in [0.1, 0.15) is 5.75 Å². The number of aryl methyl sites for hydroxylation is 1. The fraction of sp³-hybridized carbons (Fsp3) is 0.571. The van der Waals surface area contributed by atoms with Crippen molar-refractivity contribution < 1.29 is 4.74 Å². The van der Waals surface area contributed by atoms with Crippen LogP contribution in [0.5, 0.6) is 5.75 Å². The molecular formula is C14H24N2O. The molecule has 0 aliphatic rings. The summed E-state index contributed by atoms with van der Waals surface area (Å²) in [5, 5.41) is 3.25. The van der Waals surface area contributed by atoms with Crippen molar-refractivity contribution in [3.63, 3.8) is 0 Å². The van der Waals surface area contributed by atoms with Crippen LogP contribution in [0.3, 0.4) is 0 Å². The van der Waals surface area contributed by atoms with Gasteiger partial charge in [-0.15, -0.1) is 0 Å². The highest BCUT2D eigenvalue weighted by atomic mass is 16.5. The first kappa shape index (κ1) is 14.0. The third-order valence-corrected chi connectivity index (χ3v) is 3.20. The maximum Gasteiger partial charge on any atom is 0.122 e. The summed E-state index contributed by atoms with van der Waals surface area (Å²) >= 11 is 0. The van der Waals surface area contributed by atoms with Crippen LogP contribution in [-0.4, -0.2) is 20.7 Å². The molecule has 0 aromatic heterocycles. The zero-order valence-electron chi connectivity index (χ0n) is 11.5. The summed E-state index contributed by atoms with van der Waals surface area (Å²) in [5.41, 5.74) is 9.51. The van der Waals surface area contributed by atoms with Gasteiger partial charge < -0.3 is 15.8 Å². The molecule has 0 aliphatic heterocycles. The highest BCUT2D eigenvalue weighted by Crippen LogP contribution is 2.31. The Hall–Kier alpha value is -1.06. The Morgan fingerprint density at radius 3 is 2.35 bits per heavy atom. The molecule has 0 spiro atoms. The van der Waals surface area contributed by atoms with Crippen LogP contribution in [-0.2, 0) is 0 Å². The van der Waals surface area contributed by atoms with Crippen molar-refractivity contribution in [1.82, 2.24) is 5.32 Å². The molecule has 96 valence electrons. The molecule has 3 nitrogen and oxygen atoms in total. The van der Waals surface area contributed by atoms with E-state index in [2.05, 4.69) is 38.2 Å². The summed E-state index contributed by atoms with van der Waals surface area (Å²) in [4.78, 5) is 0. The maximum atomic E-state index is 5.79. The lowest BCUT2D eigenvalue weighted by atomic mass is 9.93. The van der Waals surface area contributed by atoms with Crippen LogP contribution in [0, 0.1) is 6.92 Å². The Bertz CT molecular complexity index is 371. The minimum Gasteiger partial charge on any atom is -0.496 e. The third-order valence-electron chi connectivity index (χ3n) is 3.20. The van der Waals surface area contributed by atoms with Crippen LogP contribution in [0.4, 0.5) is 0 Å². The SMILES string of the molecule is CNC(CN)c1cc(C(C)C)c(OC)cc1C. The topological polar surface area (TPSA) is 47.3 Å². The van der Waals surface area contributed by atoms with Gasteiger partial charge in [-0.2, -0.15) is 0 Å². The van der Waals surface area contributed by atoms with Crippen LogP contribution in [0.1, 0.15) is 42.5 Å². The normalized spacial score (nSPS) is 12.9. The van der Waals surface area contributed by atoms with E-state index < -0.39 is 0 Å². The quantitative estimate of drug-likeness (QED) is 0.825. The first-order valence-corrected chi connectivity index (χ1v) is 6.10. The Labute approximate surface area is 104 Å². The molecule has 0 radical (unpaired) electrons. The second kappa shape index (κ2) is 6.03. The number of benzene rings is 1. The number of hydrogen-bond donors (Lipinski definition) is 2. The first-order valence-electron chi connectivity index (χ1n) is 6.10. The molecule has 0 saturated carbocycles. The van der Waals surface area contributed by atoms with Crippen LogP contribution < -0.4 is 15.8 Å². The van der Waals surface area contributed by atoms with E-state index in [1.54, 1.807) is 7.11 Å². The Kier molecular flexibility index (Phi) is 4.97. The molecule has 17 heavy (non-hydrogen) atoms. The molecule has 0 bridgehead atoms. The van der Waals surface area contributed by atoms with Crippen molar-refractivity contribution in [1.29, 1.82) is 0 Å². The highest BCUT2D eigenvalue weighted by molar-refractivity contribution is 5.45. The smallest absolute Gasteiger partial charge is 0.122 e. The predicted octanol–water partition coefficient (Wildman–Crippen LogP) is 2.35. The number of rotatable bonds is 5. The lowest BCUT2D eigenvalue weighted by Crippen LogP contribution is -2.25. The van der Waals surface area contributed by atoms with E-state index in [1.165, 1.54) is 16.7 Å². The fourth-order valence-corrected chi connectivity index (χ4v) is 2.12. The summed E-state index contributed by atoms with van der Waals surface area (Å²) < 4.78 is 5.44. The van der Waals surface area contributed by atoms with Crippen LogP contribution in [0.25, 0.3) is 0 Å². The van der Waals surface area contributed by atoms with E-state index in [1.807, 2.05) is 7.05 Å². The van der Waals surface area contributed by atoms with Crippen molar-refractivity contribution in [2.45, 2.75) is 32.7 Å². The van der Waals surface area contributed by atoms with Crippen LogP contribution >= 0.6 is 0 Å². The molecule has 0 fully saturated rings. The molecule has 1 aromatic rings. The number of ether oxygens (including phenoxy) is 1. The molecular weight excluding hydrogens is 212 g/mol. The van der Waals surface area contributed by atoms with Gasteiger partial charge in [0.05, 0.1) is 7.11 Å². The van der Waals surface area contributed by atoms with Crippen LogP contribution in [0.2, 0.25) is 0 Å². The Balaban J connectivity index is 3.28. The summed E-state index contributed by atoms with van der Waals surface area (Å²) in [7, 11) is 3.66. The van der Waals surface area contributed by atoms with E-state index in [-0.39, 0.29) is 6.04 Å². The summed E-state index contributed by atoms with van der Waals surface area (Å²) in [6.07, 6.45) is 0. The van der Waals surface area contributed by atoms with Crippen molar-refractivity contribution in [3.05, 3.63) is 28.8 Å². The van der Waals surface area contributed by atoms with Gasteiger partial charge in [0, 0.05) is 12.6 Å². The standard InChI is InChI=1S/C14H24N2O/c1-9(2)11-7-12(13(8-15)16-4)10(3)6-14(11)17-5/h6-7,9,13,16H,8,15H2,1-5H3. The van der Waals surface area contributed by atoms with Crippen molar-refractivity contribution in [2.75, 3.05) is 20.7 Å². The highest BCUT2D eigenvalue weighted by Gasteiger charge is 2.15. The molecule has 1 rings (SSSR count). The molecule has 0 heterocycles. The van der Waals surface area contributed by atoms with E-state index >= 15 is 0 Å². The van der Waals surface area contributed by atoms with E-state index in [0.29, 0.717) is 12.5 Å². The van der Waals surface area contributed by atoms with Gasteiger partial charge in [0.15, 0.2) is 0 Å². The monoisotopic (exact) mass is 236 g/mol. The fourth-order valence-electron chi connectivity index (χ4n) is 2.12.